The molecule has 0 aromatic carbocycles. The lowest BCUT2D eigenvalue weighted by Crippen LogP contribution is -2.40. The van der Waals surface area contributed by atoms with Gasteiger partial charge in [-0.1, -0.05) is 0 Å². The number of thiophene rings is 1. The summed E-state index contributed by atoms with van der Waals surface area (Å²) < 4.78 is 6.57. The molecule has 6 nitrogen and oxygen atoms in total. The summed E-state index contributed by atoms with van der Waals surface area (Å²) in [6.07, 6.45) is 1.50. The molecule has 1 fully saturated rings. The molecule has 2 aromatic rings. The van der Waals surface area contributed by atoms with Crippen molar-refractivity contribution in [2.24, 2.45) is 7.05 Å². The summed E-state index contributed by atoms with van der Waals surface area (Å²) in [5.74, 6) is -0.427. The number of hydrogen-bond acceptors (Lipinski definition) is 5. The lowest BCUT2D eigenvalue weighted by Gasteiger charge is -2.21. The van der Waals surface area contributed by atoms with Crippen LogP contribution in [-0.2, 0) is 16.6 Å². The highest BCUT2D eigenvalue weighted by molar-refractivity contribution is 7.20. The van der Waals surface area contributed by atoms with Crippen LogP contribution in [0.15, 0.2) is 6.07 Å². The van der Waals surface area contributed by atoms with Crippen LogP contribution >= 0.6 is 11.3 Å². The van der Waals surface area contributed by atoms with Crippen molar-refractivity contribution in [2.75, 3.05) is 13.7 Å². The number of rotatable bonds is 2. The fourth-order valence-corrected chi connectivity index (χ4v) is 3.92. The van der Waals surface area contributed by atoms with Gasteiger partial charge in [-0.15, -0.1) is 11.3 Å². The van der Waals surface area contributed by atoms with Gasteiger partial charge in [0.1, 0.15) is 10.9 Å². The largest absolute Gasteiger partial charge is 0.467 e. The predicted octanol–water partition coefficient (Wildman–Crippen LogP) is 1.72. The van der Waals surface area contributed by atoms with Crippen LogP contribution in [0, 0.1) is 6.92 Å². The van der Waals surface area contributed by atoms with Gasteiger partial charge in [0.15, 0.2) is 0 Å². The first-order chi connectivity index (χ1) is 10.0. The Morgan fingerprint density at radius 2 is 2.24 bits per heavy atom. The summed E-state index contributed by atoms with van der Waals surface area (Å²) in [5.41, 5.74) is 0.911. The van der Waals surface area contributed by atoms with E-state index in [9.17, 15) is 9.59 Å². The molecule has 1 aliphatic heterocycles. The Labute approximate surface area is 126 Å². The predicted molar refractivity (Wildman–Crippen MR) is 79.4 cm³/mol. The molecule has 0 aliphatic carbocycles. The van der Waals surface area contributed by atoms with Gasteiger partial charge in [-0.2, -0.15) is 5.10 Å². The molecular weight excluding hydrogens is 290 g/mol. The molecule has 1 aliphatic rings. The Morgan fingerprint density at radius 3 is 2.90 bits per heavy atom. The summed E-state index contributed by atoms with van der Waals surface area (Å²) in [6, 6.07) is 1.42. The van der Waals surface area contributed by atoms with E-state index in [4.69, 9.17) is 4.74 Å². The maximum atomic E-state index is 12.7. The molecule has 1 amide bonds. The molecule has 0 spiro atoms. The zero-order valence-corrected chi connectivity index (χ0v) is 13.1. The fourth-order valence-electron chi connectivity index (χ4n) is 2.84. The van der Waals surface area contributed by atoms with Gasteiger partial charge in [0, 0.05) is 19.0 Å². The average Bonchev–Trinajstić information content (AvgIpc) is 3.16. The third-order valence-electron chi connectivity index (χ3n) is 3.89. The molecule has 0 unspecified atom stereocenters. The molecule has 21 heavy (non-hydrogen) atoms. The van der Waals surface area contributed by atoms with Gasteiger partial charge in [0.05, 0.1) is 17.7 Å². The number of amides is 1. The van der Waals surface area contributed by atoms with Gasteiger partial charge in [-0.3, -0.25) is 9.48 Å². The summed E-state index contributed by atoms with van der Waals surface area (Å²) in [4.78, 5) is 27.7. The Balaban J connectivity index is 1.93. The summed E-state index contributed by atoms with van der Waals surface area (Å²) in [6.45, 7) is 2.53. The molecule has 3 heterocycles. The third kappa shape index (κ3) is 2.21. The van der Waals surface area contributed by atoms with Gasteiger partial charge < -0.3 is 9.64 Å². The molecule has 1 atom stereocenters. The smallest absolute Gasteiger partial charge is 0.328 e. The second-order valence-electron chi connectivity index (χ2n) is 5.22. The van der Waals surface area contributed by atoms with E-state index < -0.39 is 6.04 Å². The van der Waals surface area contributed by atoms with Crippen molar-refractivity contribution in [3.8, 4) is 0 Å². The first-order valence-electron chi connectivity index (χ1n) is 6.85. The molecule has 0 saturated carbocycles. The van der Waals surface area contributed by atoms with Crippen molar-refractivity contribution in [1.82, 2.24) is 14.7 Å². The zero-order chi connectivity index (χ0) is 15.1. The van der Waals surface area contributed by atoms with Crippen LogP contribution in [0.25, 0.3) is 10.2 Å². The van der Waals surface area contributed by atoms with Crippen molar-refractivity contribution < 1.29 is 14.3 Å². The van der Waals surface area contributed by atoms with E-state index in [1.165, 1.54) is 18.4 Å². The van der Waals surface area contributed by atoms with Gasteiger partial charge in [-0.25, -0.2) is 4.79 Å². The number of fused-ring (bicyclic) bond motifs is 1. The lowest BCUT2D eigenvalue weighted by atomic mass is 10.2. The van der Waals surface area contributed by atoms with E-state index in [0.29, 0.717) is 17.8 Å². The molecule has 7 heteroatoms. The minimum Gasteiger partial charge on any atom is -0.467 e. The maximum absolute atomic E-state index is 12.7. The summed E-state index contributed by atoms with van der Waals surface area (Å²) in [5, 5.41) is 5.33. The van der Waals surface area contributed by atoms with E-state index in [2.05, 4.69) is 5.10 Å². The van der Waals surface area contributed by atoms with Crippen LogP contribution < -0.4 is 0 Å². The van der Waals surface area contributed by atoms with Crippen molar-refractivity contribution >= 4 is 33.4 Å². The van der Waals surface area contributed by atoms with E-state index in [1.54, 1.807) is 9.58 Å². The number of aryl methyl sites for hydroxylation is 2. The van der Waals surface area contributed by atoms with Crippen LogP contribution in [0.4, 0.5) is 0 Å². The Morgan fingerprint density at radius 1 is 1.48 bits per heavy atom. The second-order valence-corrected chi connectivity index (χ2v) is 6.25. The van der Waals surface area contributed by atoms with Gasteiger partial charge in [0.25, 0.3) is 5.91 Å². The normalized spacial score (nSPS) is 18.4. The highest BCUT2D eigenvalue weighted by atomic mass is 32.1. The van der Waals surface area contributed by atoms with Crippen LogP contribution in [0.3, 0.4) is 0 Å². The molecule has 0 N–H and O–H groups in total. The maximum Gasteiger partial charge on any atom is 0.328 e. The van der Waals surface area contributed by atoms with Gasteiger partial charge in [0.2, 0.25) is 0 Å². The second kappa shape index (κ2) is 5.14. The number of nitrogens with zero attached hydrogens (tertiary/aromatic N) is 3. The van der Waals surface area contributed by atoms with E-state index in [-0.39, 0.29) is 11.9 Å². The van der Waals surface area contributed by atoms with Crippen molar-refractivity contribution in [2.45, 2.75) is 25.8 Å². The highest BCUT2D eigenvalue weighted by Gasteiger charge is 2.36. The van der Waals surface area contributed by atoms with Gasteiger partial charge in [-0.05, 0) is 25.8 Å². The Hall–Kier alpha value is -1.89. The first-order valence-corrected chi connectivity index (χ1v) is 7.66. The van der Waals surface area contributed by atoms with Crippen LogP contribution in [0.1, 0.15) is 28.2 Å². The third-order valence-corrected chi connectivity index (χ3v) is 5.08. The number of hydrogen-bond donors (Lipinski definition) is 0. The molecule has 2 aromatic heterocycles. The zero-order valence-electron chi connectivity index (χ0n) is 12.3. The van der Waals surface area contributed by atoms with E-state index in [0.717, 1.165) is 22.3 Å². The van der Waals surface area contributed by atoms with E-state index >= 15 is 0 Å². The van der Waals surface area contributed by atoms with Crippen molar-refractivity contribution in [3.05, 3.63) is 16.6 Å². The number of ether oxygens (including phenoxy) is 1. The number of methoxy groups -OCH3 is 1. The summed E-state index contributed by atoms with van der Waals surface area (Å²) >= 11 is 1.42. The fraction of sp³-hybridized carbons (Fsp3) is 0.500. The van der Waals surface area contributed by atoms with Crippen molar-refractivity contribution in [3.63, 3.8) is 0 Å². The Kier molecular flexibility index (Phi) is 3.44. The molecule has 0 radical (unpaired) electrons. The van der Waals surface area contributed by atoms with Crippen LogP contribution in [0.2, 0.25) is 0 Å². The number of carbonyl (C=O) groups excluding carboxylic acids is 2. The first kappa shape index (κ1) is 14.1. The molecular formula is C14H17N3O3S. The minimum atomic E-state index is -0.452. The van der Waals surface area contributed by atoms with Gasteiger partial charge >= 0.3 is 5.97 Å². The molecule has 1 saturated heterocycles. The minimum absolute atomic E-state index is 0.0940. The molecule has 3 rings (SSSR count). The Bertz CT molecular complexity index is 684. The number of likely N-dealkylation sites (tertiary alicyclic amines) is 1. The lowest BCUT2D eigenvalue weighted by molar-refractivity contribution is -0.145. The number of carbonyl (C=O) groups is 2. The van der Waals surface area contributed by atoms with E-state index in [1.807, 2.05) is 20.0 Å². The van der Waals surface area contributed by atoms with Crippen molar-refractivity contribution in [1.29, 1.82) is 0 Å². The number of esters is 1. The molecule has 112 valence electrons. The average molecular weight is 307 g/mol. The highest BCUT2D eigenvalue weighted by Crippen LogP contribution is 2.30. The number of aromatic nitrogens is 2. The monoisotopic (exact) mass is 307 g/mol. The SMILES string of the molecule is COC(=O)[C@@H]1CCCN1C(=O)c1cc2c(C)nn(C)c2s1. The quantitative estimate of drug-likeness (QED) is 0.793. The topological polar surface area (TPSA) is 64.4 Å². The standard InChI is InChI=1S/C14H17N3O3S/c1-8-9-7-11(21-13(9)16(2)15-8)12(18)17-6-4-5-10(17)14(19)20-3/h7,10H,4-6H2,1-3H3/t10-/m0/s1. The summed E-state index contributed by atoms with van der Waals surface area (Å²) in [7, 11) is 3.23. The van der Waals surface area contributed by atoms with Crippen LogP contribution in [-0.4, -0.2) is 46.3 Å². The van der Waals surface area contributed by atoms with Crippen LogP contribution in [0.5, 0.6) is 0 Å². The molecule has 0 bridgehead atoms.